The molecule has 0 aromatic heterocycles. The van der Waals surface area contributed by atoms with Gasteiger partial charge in [-0.1, -0.05) is 54.3 Å². The molecule has 1 aliphatic rings. The number of benzene rings is 5. The van der Waals surface area contributed by atoms with Gasteiger partial charge in [-0.3, -0.25) is 0 Å². The number of fused-ring (bicyclic) bond motifs is 3. The molecule has 5 aromatic rings. The van der Waals surface area contributed by atoms with Crippen molar-refractivity contribution in [2.45, 2.75) is 12.0 Å². The fourth-order valence-electron chi connectivity index (χ4n) is 5.87. The molecule has 0 heterocycles. The van der Waals surface area contributed by atoms with Crippen LogP contribution in [0.15, 0.2) is 103 Å². The molecule has 0 radical (unpaired) electrons. The molecular weight excluding hydrogens is 512 g/mol. The average molecular weight is 541 g/mol. The number of aliphatic hydroxyl groups is 1. The highest BCUT2D eigenvalue weighted by atomic mass is 16.5. The van der Waals surface area contributed by atoms with Crippen molar-refractivity contribution in [1.29, 1.82) is 0 Å². The van der Waals surface area contributed by atoms with Crippen molar-refractivity contribution in [3.63, 3.8) is 0 Å². The SMILES string of the molecule is COc1ccc(C2(c3ccc(OC)cc3)c3cc(O)ccc3-c3ccc(CO)c(C#Cc4ccc(O)cc4)c32)cc1. The number of phenolic OH excluding ortho intramolecular Hbond substituents is 2. The molecule has 0 unspecified atom stereocenters. The predicted octanol–water partition coefficient (Wildman–Crippen LogP) is 6.37. The molecule has 0 bridgehead atoms. The van der Waals surface area contributed by atoms with Gasteiger partial charge in [-0.05, 0) is 99.6 Å². The van der Waals surface area contributed by atoms with E-state index in [2.05, 4.69) is 11.8 Å². The van der Waals surface area contributed by atoms with E-state index in [0.29, 0.717) is 11.1 Å². The molecule has 0 aliphatic heterocycles. The maximum atomic E-state index is 10.8. The molecule has 3 N–H and O–H groups in total. The van der Waals surface area contributed by atoms with Gasteiger partial charge < -0.3 is 24.8 Å². The monoisotopic (exact) mass is 540 g/mol. The normalized spacial score (nSPS) is 12.6. The number of aromatic hydroxyl groups is 2. The molecule has 0 saturated carbocycles. The Morgan fingerprint density at radius 2 is 1.20 bits per heavy atom. The van der Waals surface area contributed by atoms with Crippen molar-refractivity contribution < 1.29 is 24.8 Å². The Labute approximate surface area is 238 Å². The lowest BCUT2D eigenvalue weighted by atomic mass is 9.66. The molecule has 0 fully saturated rings. The van der Waals surface area contributed by atoms with E-state index in [1.165, 1.54) is 0 Å². The lowest BCUT2D eigenvalue weighted by molar-refractivity contribution is 0.281. The Morgan fingerprint density at radius 3 is 1.76 bits per heavy atom. The predicted molar refractivity (Wildman–Crippen MR) is 159 cm³/mol. The third kappa shape index (κ3) is 4.26. The van der Waals surface area contributed by atoms with Crippen molar-refractivity contribution in [3.05, 3.63) is 142 Å². The maximum absolute atomic E-state index is 10.8. The van der Waals surface area contributed by atoms with E-state index in [-0.39, 0.29) is 18.1 Å². The van der Waals surface area contributed by atoms with Crippen LogP contribution in [0.1, 0.15) is 38.9 Å². The van der Waals surface area contributed by atoms with E-state index in [0.717, 1.165) is 50.4 Å². The molecule has 0 atom stereocenters. The van der Waals surface area contributed by atoms with Crippen LogP contribution in [0.3, 0.4) is 0 Å². The molecule has 1 aliphatic carbocycles. The molecule has 6 rings (SSSR count). The Balaban J connectivity index is 1.75. The van der Waals surface area contributed by atoms with Crippen LogP contribution in [0.4, 0.5) is 0 Å². The molecule has 0 spiro atoms. The number of methoxy groups -OCH3 is 2. The Kier molecular flexibility index (Phi) is 6.62. The van der Waals surface area contributed by atoms with Gasteiger partial charge in [0.1, 0.15) is 23.0 Å². The van der Waals surface area contributed by atoms with Crippen LogP contribution < -0.4 is 9.47 Å². The molecule has 5 nitrogen and oxygen atoms in total. The van der Waals surface area contributed by atoms with Crippen LogP contribution in [0.25, 0.3) is 11.1 Å². The van der Waals surface area contributed by atoms with Crippen LogP contribution in [0, 0.1) is 11.8 Å². The van der Waals surface area contributed by atoms with E-state index in [4.69, 9.17) is 9.47 Å². The van der Waals surface area contributed by atoms with Crippen molar-refractivity contribution in [2.75, 3.05) is 14.2 Å². The average Bonchev–Trinajstić information content (AvgIpc) is 3.31. The molecular formula is C36H28O5. The Bertz CT molecular complexity index is 1740. The summed E-state index contributed by atoms with van der Waals surface area (Å²) in [5.74, 6) is 8.41. The zero-order chi connectivity index (χ0) is 28.6. The Morgan fingerprint density at radius 1 is 0.634 bits per heavy atom. The zero-order valence-corrected chi connectivity index (χ0v) is 22.7. The third-order valence-corrected chi connectivity index (χ3v) is 7.78. The number of aliphatic hydroxyl groups excluding tert-OH is 1. The number of rotatable bonds is 5. The van der Waals surface area contributed by atoms with E-state index >= 15 is 0 Å². The summed E-state index contributed by atoms with van der Waals surface area (Å²) >= 11 is 0. The summed E-state index contributed by atoms with van der Waals surface area (Å²) in [7, 11) is 3.27. The summed E-state index contributed by atoms with van der Waals surface area (Å²) in [6.07, 6.45) is 0. The van der Waals surface area contributed by atoms with Gasteiger partial charge >= 0.3 is 0 Å². The number of hydrogen-bond donors (Lipinski definition) is 3. The minimum atomic E-state index is -0.883. The molecule has 5 aromatic carbocycles. The summed E-state index contributed by atoms with van der Waals surface area (Å²) in [5.41, 5.74) is 6.94. The quantitative estimate of drug-likeness (QED) is 0.222. The fraction of sp³-hybridized carbons (Fsp3) is 0.111. The summed E-state index contributed by atoms with van der Waals surface area (Å²) in [6, 6.07) is 32.0. The second kappa shape index (κ2) is 10.4. The van der Waals surface area contributed by atoms with Gasteiger partial charge in [0.2, 0.25) is 0 Å². The first-order valence-electron chi connectivity index (χ1n) is 13.2. The summed E-state index contributed by atoms with van der Waals surface area (Å²) < 4.78 is 11.0. The van der Waals surface area contributed by atoms with Crippen molar-refractivity contribution in [3.8, 4) is 46.0 Å². The van der Waals surface area contributed by atoms with Crippen LogP contribution >= 0.6 is 0 Å². The van der Waals surface area contributed by atoms with Crippen molar-refractivity contribution in [2.24, 2.45) is 0 Å². The molecule has 41 heavy (non-hydrogen) atoms. The smallest absolute Gasteiger partial charge is 0.118 e. The fourth-order valence-corrected chi connectivity index (χ4v) is 5.87. The van der Waals surface area contributed by atoms with E-state index in [9.17, 15) is 15.3 Å². The third-order valence-electron chi connectivity index (χ3n) is 7.78. The maximum Gasteiger partial charge on any atom is 0.118 e. The first-order valence-corrected chi connectivity index (χ1v) is 13.2. The topological polar surface area (TPSA) is 79.2 Å². The summed E-state index contributed by atoms with van der Waals surface area (Å²) in [4.78, 5) is 0. The van der Waals surface area contributed by atoms with Crippen molar-refractivity contribution >= 4 is 0 Å². The van der Waals surface area contributed by atoms with Crippen LogP contribution in [-0.4, -0.2) is 29.5 Å². The highest BCUT2D eigenvalue weighted by Crippen LogP contribution is 2.58. The highest BCUT2D eigenvalue weighted by Gasteiger charge is 2.48. The van der Waals surface area contributed by atoms with Gasteiger partial charge in [-0.2, -0.15) is 0 Å². The van der Waals surface area contributed by atoms with Gasteiger partial charge in [0.05, 0.1) is 26.2 Å². The zero-order valence-electron chi connectivity index (χ0n) is 22.7. The van der Waals surface area contributed by atoms with E-state index in [1.807, 2.05) is 72.8 Å². The number of phenols is 2. The van der Waals surface area contributed by atoms with Gasteiger partial charge in [0.15, 0.2) is 0 Å². The van der Waals surface area contributed by atoms with E-state index in [1.54, 1.807) is 44.6 Å². The number of hydrogen-bond acceptors (Lipinski definition) is 5. The van der Waals surface area contributed by atoms with Crippen LogP contribution in [0.2, 0.25) is 0 Å². The van der Waals surface area contributed by atoms with Crippen LogP contribution in [-0.2, 0) is 12.0 Å². The molecule has 202 valence electrons. The largest absolute Gasteiger partial charge is 0.508 e. The minimum absolute atomic E-state index is 0.155. The summed E-state index contributed by atoms with van der Waals surface area (Å²) in [5, 5.41) is 31.0. The van der Waals surface area contributed by atoms with Gasteiger partial charge in [-0.25, -0.2) is 0 Å². The lowest BCUT2D eigenvalue weighted by Crippen LogP contribution is -2.30. The van der Waals surface area contributed by atoms with Gasteiger partial charge in [0.25, 0.3) is 0 Å². The van der Waals surface area contributed by atoms with Crippen molar-refractivity contribution in [1.82, 2.24) is 0 Å². The van der Waals surface area contributed by atoms with Gasteiger partial charge in [-0.15, -0.1) is 0 Å². The first-order chi connectivity index (χ1) is 20.0. The second-order valence-corrected chi connectivity index (χ2v) is 9.91. The van der Waals surface area contributed by atoms with Crippen LogP contribution in [0.5, 0.6) is 23.0 Å². The summed E-state index contributed by atoms with van der Waals surface area (Å²) in [6.45, 7) is -0.199. The molecule has 5 heteroatoms. The first kappa shape index (κ1) is 26.1. The van der Waals surface area contributed by atoms with E-state index < -0.39 is 5.41 Å². The minimum Gasteiger partial charge on any atom is -0.508 e. The Hall–Kier alpha value is -5.18. The molecule has 0 saturated heterocycles. The molecule has 0 amide bonds. The second-order valence-electron chi connectivity index (χ2n) is 9.91. The number of ether oxygens (including phenoxy) is 2. The highest BCUT2D eigenvalue weighted by molar-refractivity contribution is 5.89. The standard InChI is InChI=1S/C36H28O5/c1-40-29-14-7-25(8-15-29)36(26-9-16-30(41-2)17-10-26)34-21-28(39)13-20-32(34)33-19-6-24(22-37)31(35(33)36)18-5-23-3-11-27(38)12-4-23/h3-4,6-17,19-21,37-39H,22H2,1-2H3. The van der Waals surface area contributed by atoms with Gasteiger partial charge in [0, 0.05) is 11.1 Å². The lowest BCUT2D eigenvalue weighted by Gasteiger charge is -2.35.